The number of anilines is 1. The number of benzene rings is 2. The first kappa shape index (κ1) is 25.3. The van der Waals surface area contributed by atoms with Gasteiger partial charge in [0.2, 0.25) is 5.91 Å². The van der Waals surface area contributed by atoms with E-state index in [-0.39, 0.29) is 24.3 Å². The number of esters is 1. The summed E-state index contributed by atoms with van der Waals surface area (Å²) in [6.07, 6.45) is 1.76. The lowest BCUT2D eigenvalue weighted by molar-refractivity contribution is -0.140. The molecule has 3 rings (SSSR count). The Hall–Kier alpha value is -3.35. The fourth-order valence-corrected chi connectivity index (χ4v) is 4.21. The molecule has 182 valence electrons. The average Bonchev–Trinajstić information content (AvgIpc) is 3.17. The number of alkyl carbamates (subject to hydrolysis) is 1. The van der Waals surface area contributed by atoms with Crippen molar-refractivity contribution in [3.8, 4) is 0 Å². The minimum atomic E-state index is -0.776. The van der Waals surface area contributed by atoms with Crippen LogP contribution in [0.1, 0.15) is 51.2 Å². The summed E-state index contributed by atoms with van der Waals surface area (Å²) in [7, 11) is 1.36. The molecule has 1 aliphatic rings. The molecule has 7 heteroatoms. The SMILES string of the molecule is COC(=O)CC[C@@H]1Cc2ccccc2N1C(=O)[C@H](CCc1ccccc1)NC(=O)OC(C)(C)C. The van der Waals surface area contributed by atoms with Crippen LogP contribution in [0, 0.1) is 0 Å². The van der Waals surface area contributed by atoms with Crippen LogP contribution in [0.15, 0.2) is 54.6 Å². The molecule has 34 heavy (non-hydrogen) atoms. The molecular weight excluding hydrogens is 432 g/mol. The highest BCUT2D eigenvalue weighted by molar-refractivity contribution is 6.01. The highest BCUT2D eigenvalue weighted by atomic mass is 16.6. The second-order valence-corrected chi connectivity index (χ2v) is 9.53. The summed E-state index contributed by atoms with van der Waals surface area (Å²) in [5, 5.41) is 2.80. The highest BCUT2D eigenvalue weighted by Gasteiger charge is 2.38. The summed E-state index contributed by atoms with van der Waals surface area (Å²) >= 11 is 0. The Morgan fingerprint density at radius 2 is 1.74 bits per heavy atom. The third kappa shape index (κ3) is 6.83. The quantitative estimate of drug-likeness (QED) is 0.582. The van der Waals surface area contributed by atoms with Crippen LogP contribution in [0.3, 0.4) is 0 Å². The number of hydrogen-bond donors (Lipinski definition) is 1. The topological polar surface area (TPSA) is 84.9 Å². The lowest BCUT2D eigenvalue weighted by Crippen LogP contribution is -2.52. The maximum atomic E-state index is 13.9. The first-order valence-corrected chi connectivity index (χ1v) is 11.7. The van der Waals surface area contributed by atoms with E-state index in [1.807, 2.05) is 54.6 Å². The van der Waals surface area contributed by atoms with Gasteiger partial charge in [-0.1, -0.05) is 48.5 Å². The fraction of sp³-hybridized carbons (Fsp3) is 0.444. The Kier molecular flexibility index (Phi) is 8.31. The van der Waals surface area contributed by atoms with E-state index in [0.29, 0.717) is 25.7 Å². The number of aryl methyl sites for hydroxylation is 1. The van der Waals surface area contributed by atoms with Crippen LogP contribution >= 0.6 is 0 Å². The first-order valence-electron chi connectivity index (χ1n) is 11.7. The van der Waals surface area contributed by atoms with E-state index < -0.39 is 17.7 Å². The van der Waals surface area contributed by atoms with Gasteiger partial charge in [0.25, 0.3) is 0 Å². The predicted octanol–water partition coefficient (Wildman–Crippen LogP) is 4.42. The van der Waals surface area contributed by atoms with Gasteiger partial charge < -0.3 is 19.7 Å². The van der Waals surface area contributed by atoms with Crippen LogP contribution in [0.2, 0.25) is 0 Å². The van der Waals surface area contributed by atoms with Crippen molar-refractivity contribution in [2.45, 2.75) is 70.6 Å². The zero-order chi connectivity index (χ0) is 24.7. The van der Waals surface area contributed by atoms with E-state index in [0.717, 1.165) is 16.8 Å². The Balaban J connectivity index is 1.84. The van der Waals surface area contributed by atoms with Crippen LogP contribution in [-0.2, 0) is 31.9 Å². The number of carbonyl (C=O) groups is 3. The molecule has 7 nitrogen and oxygen atoms in total. The van der Waals surface area contributed by atoms with Crippen molar-refractivity contribution < 1.29 is 23.9 Å². The molecule has 2 aromatic rings. The molecule has 1 heterocycles. The summed E-state index contributed by atoms with van der Waals surface area (Å²) in [4.78, 5) is 40.0. The summed E-state index contributed by atoms with van der Waals surface area (Å²) in [5.74, 6) is -0.516. The van der Waals surface area contributed by atoms with Crippen molar-refractivity contribution in [1.29, 1.82) is 0 Å². The Morgan fingerprint density at radius 3 is 2.41 bits per heavy atom. The molecule has 0 saturated carbocycles. The molecular formula is C27H34N2O5. The first-order chi connectivity index (χ1) is 16.2. The van der Waals surface area contributed by atoms with Crippen molar-refractivity contribution in [2.75, 3.05) is 12.0 Å². The lowest BCUT2D eigenvalue weighted by Gasteiger charge is -2.30. The average molecular weight is 467 g/mol. The standard InChI is InChI=1S/C27H34N2O5/c1-27(2,3)34-26(32)28-22(16-14-19-10-6-5-7-11-19)25(31)29-21(15-17-24(30)33-4)18-20-12-8-9-13-23(20)29/h5-13,21-22H,14-18H2,1-4H3,(H,28,32)/t21-,22+/m1/s1. The van der Waals surface area contributed by atoms with Crippen molar-refractivity contribution in [2.24, 2.45) is 0 Å². The number of hydrogen-bond acceptors (Lipinski definition) is 5. The molecule has 0 aliphatic carbocycles. The molecule has 0 radical (unpaired) electrons. The van der Waals surface area contributed by atoms with Crippen molar-refractivity contribution >= 4 is 23.7 Å². The van der Waals surface area contributed by atoms with Gasteiger partial charge in [-0.15, -0.1) is 0 Å². The molecule has 0 unspecified atom stereocenters. The van der Waals surface area contributed by atoms with E-state index in [2.05, 4.69) is 5.32 Å². The monoisotopic (exact) mass is 466 g/mol. The molecule has 2 aromatic carbocycles. The van der Waals surface area contributed by atoms with Gasteiger partial charge in [-0.3, -0.25) is 9.59 Å². The number of amides is 2. The summed E-state index contributed by atoms with van der Waals surface area (Å²) in [5.41, 5.74) is 2.26. The minimum absolute atomic E-state index is 0.191. The molecule has 0 bridgehead atoms. The smallest absolute Gasteiger partial charge is 0.408 e. The van der Waals surface area contributed by atoms with Crippen molar-refractivity contribution in [3.63, 3.8) is 0 Å². The number of nitrogens with one attached hydrogen (secondary N) is 1. The van der Waals surface area contributed by atoms with E-state index in [4.69, 9.17) is 9.47 Å². The van der Waals surface area contributed by atoms with Gasteiger partial charge in [0.15, 0.2) is 0 Å². The largest absolute Gasteiger partial charge is 0.469 e. The van der Waals surface area contributed by atoms with E-state index in [9.17, 15) is 14.4 Å². The number of rotatable bonds is 8. The molecule has 0 aromatic heterocycles. The van der Waals surface area contributed by atoms with Crippen LogP contribution in [0.5, 0.6) is 0 Å². The summed E-state index contributed by atoms with van der Waals surface area (Å²) in [6, 6.07) is 16.6. The zero-order valence-corrected chi connectivity index (χ0v) is 20.4. The Bertz CT molecular complexity index is 1000. The summed E-state index contributed by atoms with van der Waals surface area (Å²) in [6.45, 7) is 5.35. The van der Waals surface area contributed by atoms with Gasteiger partial charge in [0, 0.05) is 18.2 Å². The van der Waals surface area contributed by atoms with Gasteiger partial charge in [0.05, 0.1) is 7.11 Å². The summed E-state index contributed by atoms with van der Waals surface area (Å²) < 4.78 is 10.2. The maximum absolute atomic E-state index is 13.9. The third-order valence-electron chi connectivity index (χ3n) is 5.77. The molecule has 2 amide bonds. The van der Waals surface area contributed by atoms with Crippen LogP contribution in [0.4, 0.5) is 10.5 Å². The molecule has 1 aliphatic heterocycles. The van der Waals surface area contributed by atoms with E-state index in [1.165, 1.54) is 7.11 Å². The van der Waals surface area contributed by atoms with Gasteiger partial charge in [-0.25, -0.2) is 4.79 Å². The third-order valence-corrected chi connectivity index (χ3v) is 5.77. The minimum Gasteiger partial charge on any atom is -0.469 e. The van der Waals surface area contributed by atoms with E-state index >= 15 is 0 Å². The van der Waals surface area contributed by atoms with Crippen LogP contribution in [0.25, 0.3) is 0 Å². The maximum Gasteiger partial charge on any atom is 0.408 e. The van der Waals surface area contributed by atoms with Crippen molar-refractivity contribution in [1.82, 2.24) is 5.32 Å². The van der Waals surface area contributed by atoms with Crippen LogP contribution in [-0.4, -0.2) is 42.8 Å². The Morgan fingerprint density at radius 1 is 1.06 bits per heavy atom. The molecule has 0 saturated heterocycles. The lowest BCUT2D eigenvalue weighted by atomic mass is 10.0. The van der Waals surface area contributed by atoms with E-state index in [1.54, 1.807) is 25.7 Å². The second-order valence-electron chi connectivity index (χ2n) is 9.53. The predicted molar refractivity (Wildman–Crippen MR) is 131 cm³/mol. The number of para-hydroxylation sites is 1. The van der Waals surface area contributed by atoms with Gasteiger partial charge in [-0.2, -0.15) is 0 Å². The highest BCUT2D eigenvalue weighted by Crippen LogP contribution is 2.35. The van der Waals surface area contributed by atoms with Crippen molar-refractivity contribution in [3.05, 3.63) is 65.7 Å². The van der Waals surface area contributed by atoms with Gasteiger partial charge >= 0.3 is 12.1 Å². The number of ether oxygens (including phenoxy) is 2. The number of carbonyl (C=O) groups excluding carboxylic acids is 3. The van der Waals surface area contributed by atoms with Gasteiger partial charge in [-0.05, 0) is 63.6 Å². The molecule has 2 atom stereocenters. The van der Waals surface area contributed by atoms with Crippen LogP contribution < -0.4 is 10.2 Å². The van der Waals surface area contributed by atoms with Gasteiger partial charge in [0.1, 0.15) is 11.6 Å². The normalized spacial score (nSPS) is 15.9. The number of nitrogens with zero attached hydrogens (tertiary/aromatic N) is 1. The molecule has 0 fully saturated rings. The molecule has 1 N–H and O–H groups in total. The molecule has 0 spiro atoms. The number of fused-ring (bicyclic) bond motifs is 1. The number of methoxy groups -OCH3 is 1. The Labute approximate surface area is 201 Å². The fourth-order valence-electron chi connectivity index (χ4n) is 4.21. The second kappa shape index (κ2) is 11.2. The zero-order valence-electron chi connectivity index (χ0n) is 20.4.